The molecular formula is C12H19ClN2O2. The highest BCUT2D eigenvalue weighted by Crippen LogP contribution is 2.38. The predicted octanol–water partition coefficient (Wildman–Crippen LogP) is 2.36. The Morgan fingerprint density at radius 2 is 2.35 bits per heavy atom. The third-order valence-corrected chi connectivity index (χ3v) is 3.72. The van der Waals surface area contributed by atoms with Gasteiger partial charge in [0, 0.05) is 18.6 Å². The molecule has 1 aliphatic heterocycles. The molecule has 0 aromatic carbocycles. The highest BCUT2D eigenvalue weighted by molar-refractivity contribution is 6.31. The first-order valence-corrected chi connectivity index (χ1v) is 6.36. The Kier molecular flexibility index (Phi) is 3.48. The van der Waals surface area contributed by atoms with Crippen molar-refractivity contribution < 1.29 is 9.84 Å². The number of nitrogens with zero attached hydrogens (tertiary/aromatic N) is 2. The van der Waals surface area contributed by atoms with E-state index in [4.69, 9.17) is 16.3 Å². The van der Waals surface area contributed by atoms with Gasteiger partial charge >= 0.3 is 0 Å². The number of rotatable bonds is 3. The number of halogens is 1. The van der Waals surface area contributed by atoms with Crippen molar-refractivity contribution in [1.29, 1.82) is 0 Å². The van der Waals surface area contributed by atoms with Crippen LogP contribution >= 0.6 is 11.6 Å². The van der Waals surface area contributed by atoms with Gasteiger partial charge in [-0.05, 0) is 27.2 Å². The lowest BCUT2D eigenvalue weighted by molar-refractivity contribution is -0.0180. The van der Waals surface area contributed by atoms with E-state index >= 15 is 0 Å². The lowest BCUT2D eigenvalue weighted by atomic mass is 9.85. The minimum atomic E-state index is -0.992. The number of ether oxygens (including phenoxy) is 1. The van der Waals surface area contributed by atoms with Crippen LogP contribution in [0.5, 0.6) is 0 Å². The summed E-state index contributed by atoms with van der Waals surface area (Å²) < 4.78 is 7.14. The lowest BCUT2D eigenvalue weighted by Crippen LogP contribution is -2.35. The fraction of sp³-hybridized carbons (Fsp3) is 0.750. The highest BCUT2D eigenvalue weighted by atomic mass is 35.5. The topological polar surface area (TPSA) is 47.3 Å². The first-order valence-electron chi connectivity index (χ1n) is 5.98. The molecule has 1 N–H and O–H groups in total. The summed E-state index contributed by atoms with van der Waals surface area (Å²) in [5.41, 5.74) is -0.293. The van der Waals surface area contributed by atoms with E-state index in [1.165, 1.54) is 0 Å². The van der Waals surface area contributed by atoms with Crippen molar-refractivity contribution in [3.8, 4) is 0 Å². The number of hydrogen-bond acceptors (Lipinski definition) is 3. The van der Waals surface area contributed by atoms with Crippen LogP contribution in [0.3, 0.4) is 0 Å². The molecule has 0 spiro atoms. The molecule has 1 saturated heterocycles. The average molecular weight is 259 g/mol. The summed E-state index contributed by atoms with van der Waals surface area (Å²) in [6.45, 7) is 7.12. The molecular weight excluding hydrogens is 240 g/mol. The lowest BCUT2D eigenvalue weighted by Gasteiger charge is -2.31. The van der Waals surface area contributed by atoms with Crippen LogP contribution in [-0.2, 0) is 10.3 Å². The zero-order chi connectivity index (χ0) is 12.6. The number of aliphatic hydroxyl groups is 1. The smallest absolute Gasteiger partial charge is 0.110 e. The van der Waals surface area contributed by atoms with Crippen molar-refractivity contribution in [3.63, 3.8) is 0 Å². The van der Waals surface area contributed by atoms with Crippen LogP contribution in [0.15, 0.2) is 6.20 Å². The van der Waals surface area contributed by atoms with Crippen LogP contribution in [0, 0.1) is 5.92 Å². The third-order valence-electron chi connectivity index (χ3n) is 3.44. The second-order valence-electron chi connectivity index (χ2n) is 5.09. The SMILES string of the molecule is CC(C)n1ncc(Cl)c1C(C)(O)C1CCOC1. The molecule has 1 fully saturated rings. The Morgan fingerprint density at radius 1 is 1.65 bits per heavy atom. The largest absolute Gasteiger partial charge is 0.383 e. The van der Waals surface area contributed by atoms with Gasteiger partial charge in [-0.25, -0.2) is 0 Å². The minimum absolute atomic E-state index is 0.0780. The molecule has 5 heteroatoms. The Balaban J connectivity index is 2.40. The standard InChI is InChI=1S/C12H19ClN2O2/c1-8(2)15-11(10(13)6-14-15)12(3,16)9-4-5-17-7-9/h6,8-9,16H,4-5,7H2,1-3H3. The zero-order valence-corrected chi connectivity index (χ0v) is 11.2. The van der Waals surface area contributed by atoms with E-state index in [-0.39, 0.29) is 12.0 Å². The molecule has 0 amide bonds. The summed E-state index contributed by atoms with van der Waals surface area (Å²) in [5, 5.41) is 15.5. The molecule has 1 aromatic rings. The number of aromatic nitrogens is 2. The van der Waals surface area contributed by atoms with Crippen LogP contribution in [-0.4, -0.2) is 28.1 Å². The van der Waals surface area contributed by atoms with Crippen molar-refractivity contribution in [2.24, 2.45) is 5.92 Å². The van der Waals surface area contributed by atoms with E-state index in [2.05, 4.69) is 5.10 Å². The van der Waals surface area contributed by atoms with E-state index in [1.54, 1.807) is 17.8 Å². The van der Waals surface area contributed by atoms with E-state index in [1.807, 2.05) is 13.8 Å². The molecule has 0 bridgehead atoms. The monoisotopic (exact) mass is 258 g/mol. The summed E-state index contributed by atoms with van der Waals surface area (Å²) >= 11 is 6.17. The predicted molar refractivity (Wildman–Crippen MR) is 66.1 cm³/mol. The third kappa shape index (κ3) is 2.21. The second-order valence-corrected chi connectivity index (χ2v) is 5.49. The van der Waals surface area contributed by atoms with Gasteiger partial charge < -0.3 is 9.84 Å². The Bertz CT molecular complexity index is 395. The van der Waals surface area contributed by atoms with Crippen molar-refractivity contribution in [2.75, 3.05) is 13.2 Å². The van der Waals surface area contributed by atoms with E-state index in [0.29, 0.717) is 23.9 Å². The average Bonchev–Trinajstić information content (AvgIpc) is 2.84. The summed E-state index contributed by atoms with van der Waals surface area (Å²) in [6, 6.07) is 0.172. The quantitative estimate of drug-likeness (QED) is 0.905. The molecule has 1 aliphatic rings. The molecule has 1 aromatic heterocycles. The summed E-state index contributed by atoms with van der Waals surface area (Å²) in [4.78, 5) is 0. The van der Waals surface area contributed by atoms with Crippen LogP contribution in [0.4, 0.5) is 0 Å². The molecule has 17 heavy (non-hydrogen) atoms. The van der Waals surface area contributed by atoms with Crippen molar-refractivity contribution >= 4 is 11.6 Å². The van der Waals surface area contributed by atoms with E-state index < -0.39 is 5.60 Å². The van der Waals surface area contributed by atoms with Crippen LogP contribution in [0.25, 0.3) is 0 Å². The van der Waals surface area contributed by atoms with Gasteiger partial charge in [0.15, 0.2) is 0 Å². The van der Waals surface area contributed by atoms with Gasteiger partial charge in [-0.3, -0.25) is 4.68 Å². The molecule has 96 valence electrons. The van der Waals surface area contributed by atoms with Gasteiger partial charge in [0.05, 0.1) is 23.5 Å². The van der Waals surface area contributed by atoms with Gasteiger partial charge in [-0.1, -0.05) is 11.6 Å². The summed E-state index contributed by atoms with van der Waals surface area (Å²) in [5.74, 6) is 0.0780. The van der Waals surface area contributed by atoms with Crippen molar-refractivity contribution in [3.05, 3.63) is 16.9 Å². The molecule has 2 atom stereocenters. The molecule has 0 radical (unpaired) electrons. The van der Waals surface area contributed by atoms with Gasteiger partial charge in [-0.2, -0.15) is 5.10 Å². The van der Waals surface area contributed by atoms with E-state index in [0.717, 1.165) is 6.42 Å². The molecule has 0 aliphatic carbocycles. The molecule has 0 saturated carbocycles. The minimum Gasteiger partial charge on any atom is -0.383 e. The molecule has 2 heterocycles. The van der Waals surface area contributed by atoms with Gasteiger partial charge in [0.2, 0.25) is 0 Å². The van der Waals surface area contributed by atoms with Crippen LogP contribution in [0.1, 0.15) is 38.9 Å². The molecule has 2 rings (SSSR count). The van der Waals surface area contributed by atoms with Gasteiger partial charge in [0.1, 0.15) is 5.60 Å². The first kappa shape index (κ1) is 12.9. The van der Waals surface area contributed by atoms with Crippen LogP contribution < -0.4 is 0 Å². The summed E-state index contributed by atoms with van der Waals surface area (Å²) in [7, 11) is 0. The normalized spacial score (nSPS) is 24.2. The fourth-order valence-corrected chi connectivity index (χ4v) is 2.70. The van der Waals surface area contributed by atoms with E-state index in [9.17, 15) is 5.11 Å². The summed E-state index contributed by atoms with van der Waals surface area (Å²) in [6.07, 6.45) is 2.45. The zero-order valence-electron chi connectivity index (χ0n) is 10.5. The molecule has 4 nitrogen and oxygen atoms in total. The number of hydrogen-bond donors (Lipinski definition) is 1. The highest BCUT2D eigenvalue weighted by Gasteiger charge is 2.40. The van der Waals surface area contributed by atoms with Gasteiger partial charge in [-0.15, -0.1) is 0 Å². The second kappa shape index (κ2) is 4.59. The van der Waals surface area contributed by atoms with Crippen molar-refractivity contribution in [1.82, 2.24) is 9.78 Å². The Morgan fingerprint density at radius 3 is 2.88 bits per heavy atom. The maximum atomic E-state index is 10.8. The maximum Gasteiger partial charge on any atom is 0.110 e. The Hall–Kier alpha value is -0.580. The van der Waals surface area contributed by atoms with Gasteiger partial charge in [0.25, 0.3) is 0 Å². The molecule has 2 unspecified atom stereocenters. The maximum absolute atomic E-state index is 10.8. The fourth-order valence-electron chi connectivity index (χ4n) is 2.38. The van der Waals surface area contributed by atoms with Crippen molar-refractivity contribution in [2.45, 2.75) is 38.8 Å². The van der Waals surface area contributed by atoms with Crippen LogP contribution in [0.2, 0.25) is 5.02 Å². The first-order chi connectivity index (χ1) is 7.94. The Labute approximate surface area is 107 Å².